The molecule has 3 atom stereocenters. The normalized spacial score (nSPS) is 17.2. The van der Waals surface area contributed by atoms with Crippen molar-refractivity contribution in [1.82, 2.24) is 9.80 Å². The molecule has 0 aromatic heterocycles. The lowest BCUT2D eigenvalue weighted by atomic mass is 9.91. The van der Waals surface area contributed by atoms with Crippen LogP contribution in [0.3, 0.4) is 0 Å². The van der Waals surface area contributed by atoms with Gasteiger partial charge in [-0.3, -0.25) is 14.4 Å². The summed E-state index contributed by atoms with van der Waals surface area (Å²) in [5, 5.41) is 0. The highest BCUT2D eigenvalue weighted by atomic mass is 16.5. The van der Waals surface area contributed by atoms with E-state index in [9.17, 15) is 14.4 Å². The maximum absolute atomic E-state index is 14.0. The molecule has 2 bridgehead atoms. The van der Waals surface area contributed by atoms with Crippen LogP contribution in [0, 0.1) is 5.92 Å². The number of piperazine rings is 1. The minimum atomic E-state index is -0.733. The van der Waals surface area contributed by atoms with Gasteiger partial charge in [-0.15, -0.1) is 0 Å². The number of fused-ring (bicyclic) bond motifs is 2. The molecule has 268 valence electrons. The summed E-state index contributed by atoms with van der Waals surface area (Å²) < 4.78 is 38.1. The van der Waals surface area contributed by atoms with Gasteiger partial charge in [-0.2, -0.15) is 0 Å². The highest BCUT2D eigenvalue weighted by Crippen LogP contribution is 2.39. The van der Waals surface area contributed by atoms with Crippen molar-refractivity contribution in [2.75, 3.05) is 62.9 Å². The standard InChI is InChI=1S/C38H46N2O10/c1-44-29-14-10-23(17-31(29)46-3)8-9-25(16-24-11-15-30(45-2)32(18-24)47-4)21-39-22-27-12-13-28(37(39)42)40(27)38(43)35(41)26-19-33(48-5)36(50-7)34(20-26)49-6/h10-11,14-15,17-20,25,27-28H,8-9,12-13,16,21-22H2,1-7H3. The second kappa shape index (κ2) is 16.1. The number of aryl methyl sites for hydroxylation is 1. The number of Topliss-reactive ketones (excluding diaryl/α,β-unsaturated/α-hetero) is 1. The Morgan fingerprint density at radius 1 is 0.700 bits per heavy atom. The van der Waals surface area contributed by atoms with Gasteiger partial charge in [0, 0.05) is 18.7 Å². The number of ether oxygens (including phenoxy) is 7. The van der Waals surface area contributed by atoms with Crippen LogP contribution in [-0.2, 0) is 22.4 Å². The fourth-order valence-corrected chi connectivity index (χ4v) is 7.10. The lowest BCUT2D eigenvalue weighted by molar-refractivity contribution is -0.149. The Morgan fingerprint density at radius 2 is 1.26 bits per heavy atom. The van der Waals surface area contributed by atoms with E-state index in [4.69, 9.17) is 33.2 Å². The van der Waals surface area contributed by atoms with Gasteiger partial charge in [0.1, 0.15) is 6.04 Å². The number of hydrogen-bond acceptors (Lipinski definition) is 10. The monoisotopic (exact) mass is 690 g/mol. The first-order valence-corrected chi connectivity index (χ1v) is 16.6. The first kappa shape index (κ1) is 36.2. The first-order valence-electron chi connectivity index (χ1n) is 16.6. The number of carbonyl (C=O) groups is 3. The van der Waals surface area contributed by atoms with Crippen molar-refractivity contribution < 1.29 is 47.5 Å². The Morgan fingerprint density at radius 3 is 1.82 bits per heavy atom. The quantitative estimate of drug-likeness (QED) is 0.155. The Kier molecular flexibility index (Phi) is 11.6. The van der Waals surface area contributed by atoms with Crippen LogP contribution in [0.2, 0.25) is 0 Å². The Bertz CT molecular complexity index is 1680. The molecule has 0 radical (unpaired) electrons. The molecule has 3 unspecified atom stereocenters. The molecule has 12 nitrogen and oxygen atoms in total. The van der Waals surface area contributed by atoms with Gasteiger partial charge >= 0.3 is 0 Å². The van der Waals surface area contributed by atoms with Gasteiger partial charge in [0.25, 0.3) is 11.7 Å². The molecule has 0 spiro atoms. The van der Waals surface area contributed by atoms with Gasteiger partial charge < -0.3 is 43.0 Å². The molecule has 2 heterocycles. The van der Waals surface area contributed by atoms with Crippen molar-refractivity contribution in [2.24, 2.45) is 5.92 Å². The number of hydrogen-bond donors (Lipinski definition) is 0. The predicted molar refractivity (Wildman–Crippen MR) is 185 cm³/mol. The van der Waals surface area contributed by atoms with Crippen molar-refractivity contribution in [1.29, 1.82) is 0 Å². The maximum atomic E-state index is 14.0. The highest BCUT2D eigenvalue weighted by molar-refractivity contribution is 6.43. The number of rotatable bonds is 16. The van der Waals surface area contributed by atoms with E-state index in [2.05, 4.69) is 0 Å². The van der Waals surface area contributed by atoms with Crippen molar-refractivity contribution in [3.05, 3.63) is 65.2 Å². The molecule has 2 aliphatic heterocycles. The zero-order valence-corrected chi connectivity index (χ0v) is 29.8. The average molecular weight is 691 g/mol. The Balaban J connectivity index is 1.35. The van der Waals surface area contributed by atoms with E-state index >= 15 is 0 Å². The summed E-state index contributed by atoms with van der Waals surface area (Å²) in [6.45, 7) is 0.846. The molecule has 2 aliphatic rings. The summed E-state index contributed by atoms with van der Waals surface area (Å²) in [7, 11) is 10.8. The predicted octanol–water partition coefficient (Wildman–Crippen LogP) is 4.62. The summed E-state index contributed by atoms with van der Waals surface area (Å²) in [6, 6.07) is 13.7. The zero-order chi connectivity index (χ0) is 35.9. The van der Waals surface area contributed by atoms with E-state index < -0.39 is 17.7 Å². The molecule has 2 fully saturated rings. The van der Waals surface area contributed by atoms with Gasteiger partial charge in [-0.05, 0) is 85.5 Å². The lowest BCUT2D eigenvalue weighted by Gasteiger charge is -2.41. The van der Waals surface area contributed by atoms with Gasteiger partial charge in [-0.25, -0.2) is 0 Å². The largest absolute Gasteiger partial charge is 0.493 e. The molecule has 12 heteroatoms. The van der Waals surface area contributed by atoms with Crippen molar-refractivity contribution in [3.8, 4) is 40.2 Å². The van der Waals surface area contributed by atoms with Crippen LogP contribution in [0.5, 0.6) is 40.2 Å². The summed E-state index contributed by atoms with van der Waals surface area (Å²) in [5.41, 5.74) is 2.25. The average Bonchev–Trinajstić information content (AvgIpc) is 3.50. The van der Waals surface area contributed by atoms with Crippen molar-refractivity contribution in [2.45, 2.75) is 44.2 Å². The van der Waals surface area contributed by atoms with Gasteiger partial charge in [0.15, 0.2) is 34.5 Å². The molecule has 5 rings (SSSR count). The molecular weight excluding hydrogens is 644 g/mol. The van der Waals surface area contributed by atoms with Crippen LogP contribution >= 0.6 is 0 Å². The summed E-state index contributed by atoms with van der Waals surface area (Å²) in [6.07, 6.45) is 3.36. The van der Waals surface area contributed by atoms with Gasteiger partial charge in [0.2, 0.25) is 11.7 Å². The number of benzene rings is 3. The molecule has 50 heavy (non-hydrogen) atoms. The molecular formula is C38H46N2O10. The molecule has 0 saturated carbocycles. The van der Waals surface area contributed by atoms with Crippen LogP contribution in [0.15, 0.2) is 48.5 Å². The molecule has 0 N–H and O–H groups in total. The smallest absolute Gasteiger partial charge is 0.295 e. The van der Waals surface area contributed by atoms with Crippen LogP contribution < -0.4 is 33.2 Å². The number of amides is 2. The summed E-state index contributed by atoms with van der Waals surface area (Å²) in [5.74, 6) is 1.94. The van der Waals surface area contributed by atoms with Crippen LogP contribution in [0.4, 0.5) is 0 Å². The van der Waals surface area contributed by atoms with E-state index in [1.165, 1.54) is 38.4 Å². The number of ketones is 1. The topological polar surface area (TPSA) is 122 Å². The number of nitrogens with zero attached hydrogens (tertiary/aromatic N) is 2. The molecule has 0 aliphatic carbocycles. The minimum absolute atomic E-state index is 0.0765. The van der Waals surface area contributed by atoms with E-state index in [1.807, 2.05) is 41.3 Å². The van der Waals surface area contributed by atoms with E-state index in [1.54, 1.807) is 28.4 Å². The van der Waals surface area contributed by atoms with E-state index in [0.29, 0.717) is 61.1 Å². The molecule has 2 amide bonds. The zero-order valence-electron chi connectivity index (χ0n) is 29.8. The Hall–Kier alpha value is -5.13. The van der Waals surface area contributed by atoms with Crippen LogP contribution in [0.1, 0.15) is 40.7 Å². The maximum Gasteiger partial charge on any atom is 0.295 e. The third kappa shape index (κ3) is 7.39. The second-order valence-electron chi connectivity index (χ2n) is 12.4. The summed E-state index contributed by atoms with van der Waals surface area (Å²) in [4.78, 5) is 44.7. The lowest BCUT2D eigenvalue weighted by Crippen LogP contribution is -2.60. The number of methoxy groups -OCH3 is 7. The van der Waals surface area contributed by atoms with E-state index in [-0.39, 0.29) is 34.9 Å². The number of likely N-dealkylation sites (tertiary alicyclic amines) is 1. The minimum Gasteiger partial charge on any atom is -0.493 e. The fourth-order valence-electron chi connectivity index (χ4n) is 7.10. The number of carbonyl (C=O) groups excluding carboxylic acids is 3. The fraction of sp³-hybridized carbons (Fsp3) is 0.447. The third-order valence-electron chi connectivity index (χ3n) is 9.63. The SMILES string of the molecule is COc1ccc(CCC(Cc2ccc(OC)c(OC)c2)CN2CC3CCC(C2=O)N3C(=O)C(=O)c2cc(OC)c(OC)c(OC)c2)cc1OC. The molecule has 3 aromatic carbocycles. The van der Waals surface area contributed by atoms with Crippen molar-refractivity contribution >= 4 is 17.6 Å². The Labute approximate surface area is 293 Å². The molecule has 3 aromatic rings. The first-order chi connectivity index (χ1) is 24.2. The van der Waals surface area contributed by atoms with Crippen LogP contribution in [-0.4, -0.2) is 102 Å². The highest BCUT2D eigenvalue weighted by Gasteiger charge is 2.49. The van der Waals surface area contributed by atoms with Crippen LogP contribution in [0.25, 0.3) is 0 Å². The van der Waals surface area contributed by atoms with E-state index in [0.717, 1.165) is 24.0 Å². The summed E-state index contributed by atoms with van der Waals surface area (Å²) >= 11 is 0. The van der Waals surface area contributed by atoms with Gasteiger partial charge in [-0.1, -0.05) is 12.1 Å². The third-order valence-corrected chi connectivity index (χ3v) is 9.63. The second-order valence-corrected chi connectivity index (χ2v) is 12.4. The molecule has 2 saturated heterocycles. The van der Waals surface area contributed by atoms with Crippen molar-refractivity contribution in [3.63, 3.8) is 0 Å². The van der Waals surface area contributed by atoms with Gasteiger partial charge in [0.05, 0.1) is 55.8 Å².